The number of sulfone groups is 1. The largest absolute Gasteiger partial charge is 0.452 e. The molecule has 34 heavy (non-hydrogen) atoms. The molecule has 7 nitrogen and oxygen atoms in total. The van der Waals surface area contributed by atoms with Crippen LogP contribution in [0.2, 0.25) is 0 Å². The molecule has 1 saturated heterocycles. The first-order valence-corrected chi connectivity index (χ1v) is 13.1. The van der Waals surface area contributed by atoms with Crippen molar-refractivity contribution < 1.29 is 17.9 Å². The van der Waals surface area contributed by atoms with Gasteiger partial charge in [0.2, 0.25) is 0 Å². The van der Waals surface area contributed by atoms with Gasteiger partial charge in [0.1, 0.15) is 0 Å². The highest BCUT2D eigenvalue weighted by atomic mass is 32.2. The highest BCUT2D eigenvalue weighted by molar-refractivity contribution is 7.91. The number of hydrogen-bond donors (Lipinski definition) is 1. The van der Waals surface area contributed by atoms with Crippen LogP contribution < -0.4 is 19.9 Å². The Morgan fingerprint density at radius 3 is 2.44 bits per heavy atom. The first kappa shape index (κ1) is 22.4. The Morgan fingerprint density at radius 2 is 1.71 bits per heavy atom. The van der Waals surface area contributed by atoms with Crippen molar-refractivity contribution in [2.45, 2.75) is 18.4 Å². The average molecular weight is 478 g/mol. The number of piperazine rings is 1. The average Bonchev–Trinajstić information content (AvgIpc) is 2.99. The van der Waals surface area contributed by atoms with Crippen LogP contribution in [0, 0.1) is 0 Å². The number of amides is 1. The van der Waals surface area contributed by atoms with Gasteiger partial charge in [-0.25, -0.2) is 8.42 Å². The Labute approximate surface area is 199 Å². The van der Waals surface area contributed by atoms with Gasteiger partial charge in [0, 0.05) is 26.2 Å². The summed E-state index contributed by atoms with van der Waals surface area (Å²) < 4.78 is 31.7. The molecule has 1 fully saturated rings. The maximum Gasteiger partial charge on any atom is 0.262 e. The smallest absolute Gasteiger partial charge is 0.262 e. The molecular formula is C26H27N3O4S. The Kier molecular flexibility index (Phi) is 6.02. The number of anilines is 2. The maximum absolute atomic E-state index is 13.9. The second kappa shape index (κ2) is 9.12. The lowest BCUT2D eigenvalue weighted by molar-refractivity contribution is 0.0985. The quantitative estimate of drug-likeness (QED) is 0.602. The van der Waals surface area contributed by atoms with E-state index in [0.29, 0.717) is 29.3 Å². The predicted molar refractivity (Wildman–Crippen MR) is 133 cm³/mol. The van der Waals surface area contributed by atoms with Crippen LogP contribution in [0.5, 0.6) is 11.5 Å². The summed E-state index contributed by atoms with van der Waals surface area (Å²) in [4.78, 5) is 17.9. The molecule has 2 aliphatic rings. The molecule has 3 aromatic rings. The normalized spacial score (nSPS) is 15.9. The van der Waals surface area contributed by atoms with E-state index < -0.39 is 9.84 Å². The summed E-state index contributed by atoms with van der Waals surface area (Å²) in [7, 11) is -3.46. The summed E-state index contributed by atoms with van der Waals surface area (Å²) in [5.74, 6) is 0.728. The second-order valence-corrected chi connectivity index (χ2v) is 10.7. The summed E-state index contributed by atoms with van der Waals surface area (Å²) in [5.41, 5.74) is 2.71. The molecule has 8 heteroatoms. The molecule has 2 heterocycles. The van der Waals surface area contributed by atoms with Crippen LogP contribution >= 0.6 is 0 Å². The van der Waals surface area contributed by atoms with Gasteiger partial charge < -0.3 is 19.9 Å². The summed E-state index contributed by atoms with van der Waals surface area (Å²) in [6.45, 7) is 5.23. The van der Waals surface area contributed by atoms with Gasteiger partial charge >= 0.3 is 0 Å². The van der Waals surface area contributed by atoms with Gasteiger partial charge in [0.15, 0.2) is 21.3 Å². The third-order valence-corrected chi connectivity index (χ3v) is 8.02. The lowest BCUT2D eigenvalue weighted by Crippen LogP contribution is -2.43. The molecule has 1 amide bonds. The second-order valence-electron chi connectivity index (χ2n) is 8.40. The number of nitrogens with one attached hydrogen (secondary N) is 1. The lowest BCUT2D eigenvalue weighted by Gasteiger charge is -2.31. The number of carbonyl (C=O) groups is 1. The van der Waals surface area contributed by atoms with Gasteiger partial charge in [-0.05, 0) is 35.9 Å². The van der Waals surface area contributed by atoms with E-state index in [1.54, 1.807) is 36.1 Å². The van der Waals surface area contributed by atoms with Crippen LogP contribution in [0.25, 0.3) is 0 Å². The molecule has 0 aliphatic carbocycles. The SMILES string of the molecule is CCS(=O)(=O)c1ccc2c(c1)N(Cc1ccccc1)C(=O)c1cccc(N3CCNCC3)c1O2. The molecule has 0 radical (unpaired) electrons. The van der Waals surface area contributed by atoms with Crippen molar-refractivity contribution >= 4 is 27.1 Å². The molecule has 1 N–H and O–H groups in total. The molecule has 0 aromatic heterocycles. The number of fused-ring (bicyclic) bond motifs is 2. The zero-order valence-corrected chi connectivity index (χ0v) is 19.8. The first-order valence-electron chi connectivity index (χ1n) is 11.5. The number of carbonyl (C=O) groups excluding carboxylic acids is 1. The minimum absolute atomic E-state index is 0.0212. The van der Waals surface area contributed by atoms with Gasteiger partial charge in [-0.2, -0.15) is 0 Å². The minimum Gasteiger partial charge on any atom is -0.452 e. The number of para-hydroxylation sites is 1. The molecule has 0 unspecified atom stereocenters. The van der Waals surface area contributed by atoms with Gasteiger partial charge in [0.05, 0.1) is 34.1 Å². The van der Waals surface area contributed by atoms with E-state index >= 15 is 0 Å². The summed E-state index contributed by atoms with van der Waals surface area (Å²) in [6.07, 6.45) is 0. The molecule has 0 atom stereocenters. The Morgan fingerprint density at radius 1 is 0.941 bits per heavy atom. The van der Waals surface area contributed by atoms with Crippen molar-refractivity contribution in [2.75, 3.05) is 41.7 Å². The Bertz CT molecular complexity index is 1320. The molecule has 2 aliphatic heterocycles. The van der Waals surface area contributed by atoms with Crippen molar-refractivity contribution in [1.82, 2.24) is 5.32 Å². The van der Waals surface area contributed by atoms with E-state index in [9.17, 15) is 13.2 Å². The number of ether oxygens (including phenoxy) is 1. The first-order chi connectivity index (χ1) is 16.5. The van der Waals surface area contributed by atoms with Crippen molar-refractivity contribution in [3.05, 3.63) is 77.9 Å². The standard InChI is InChI=1S/C26H27N3O4S/c1-2-34(31,32)20-11-12-24-23(17-20)29(18-19-7-4-3-5-8-19)26(30)21-9-6-10-22(25(21)33-24)28-15-13-27-14-16-28/h3-12,17,27H,2,13-16,18H2,1H3. The lowest BCUT2D eigenvalue weighted by atomic mass is 10.1. The third-order valence-electron chi connectivity index (χ3n) is 6.28. The molecule has 0 saturated carbocycles. The fraction of sp³-hybridized carbons (Fsp3) is 0.269. The number of hydrogen-bond acceptors (Lipinski definition) is 6. The zero-order chi connectivity index (χ0) is 23.7. The van der Waals surface area contributed by atoms with Crippen LogP contribution in [0.1, 0.15) is 22.8 Å². The van der Waals surface area contributed by atoms with Crippen molar-refractivity contribution in [3.63, 3.8) is 0 Å². The Hall–Kier alpha value is -3.36. The van der Waals surface area contributed by atoms with E-state index in [-0.39, 0.29) is 16.6 Å². The molecular weight excluding hydrogens is 450 g/mol. The number of rotatable bonds is 5. The fourth-order valence-electron chi connectivity index (χ4n) is 4.40. The topological polar surface area (TPSA) is 79.0 Å². The molecule has 0 bridgehead atoms. The van der Waals surface area contributed by atoms with E-state index in [1.165, 1.54) is 0 Å². The zero-order valence-electron chi connectivity index (χ0n) is 19.0. The van der Waals surface area contributed by atoms with Crippen molar-refractivity contribution in [2.24, 2.45) is 0 Å². The van der Waals surface area contributed by atoms with Crippen LogP contribution in [-0.4, -0.2) is 46.3 Å². The van der Waals surface area contributed by atoms with E-state index in [1.807, 2.05) is 42.5 Å². The van der Waals surface area contributed by atoms with Gasteiger partial charge in [-0.1, -0.05) is 43.3 Å². The van der Waals surface area contributed by atoms with Crippen LogP contribution in [0.3, 0.4) is 0 Å². The van der Waals surface area contributed by atoms with Crippen LogP contribution in [0.4, 0.5) is 11.4 Å². The maximum atomic E-state index is 13.9. The monoisotopic (exact) mass is 477 g/mol. The number of nitrogens with zero attached hydrogens (tertiary/aromatic N) is 2. The van der Waals surface area contributed by atoms with Gasteiger partial charge in [-0.15, -0.1) is 0 Å². The number of benzene rings is 3. The minimum atomic E-state index is -3.46. The van der Waals surface area contributed by atoms with Crippen molar-refractivity contribution in [3.8, 4) is 11.5 Å². The molecule has 0 spiro atoms. The third kappa shape index (κ3) is 4.15. The predicted octanol–water partition coefficient (Wildman–Crippen LogP) is 3.84. The summed E-state index contributed by atoms with van der Waals surface area (Å²) in [5, 5.41) is 3.35. The van der Waals surface area contributed by atoms with E-state index in [4.69, 9.17) is 4.74 Å². The van der Waals surface area contributed by atoms with E-state index in [0.717, 1.165) is 37.4 Å². The highest BCUT2D eigenvalue weighted by Gasteiger charge is 2.32. The van der Waals surface area contributed by atoms with Gasteiger partial charge in [-0.3, -0.25) is 4.79 Å². The highest BCUT2D eigenvalue weighted by Crippen LogP contribution is 2.45. The Balaban J connectivity index is 1.67. The van der Waals surface area contributed by atoms with Crippen molar-refractivity contribution in [1.29, 1.82) is 0 Å². The molecule has 176 valence electrons. The van der Waals surface area contributed by atoms with Crippen LogP contribution in [-0.2, 0) is 16.4 Å². The molecule has 5 rings (SSSR count). The van der Waals surface area contributed by atoms with E-state index in [2.05, 4.69) is 10.2 Å². The van der Waals surface area contributed by atoms with Crippen LogP contribution in [0.15, 0.2) is 71.6 Å². The summed E-state index contributed by atoms with van der Waals surface area (Å²) in [6, 6.07) is 20.1. The van der Waals surface area contributed by atoms with Gasteiger partial charge in [0.25, 0.3) is 5.91 Å². The fourth-order valence-corrected chi connectivity index (χ4v) is 5.30. The molecule has 3 aromatic carbocycles. The summed E-state index contributed by atoms with van der Waals surface area (Å²) >= 11 is 0.